The SMILES string of the molecule is O=C1CCc2cc(C(=O)COc3ccc(Cl)cc3Br)ccc2N1. The largest absolute Gasteiger partial charge is 0.484 e. The molecule has 1 aliphatic heterocycles. The Morgan fingerprint density at radius 3 is 2.83 bits per heavy atom. The van der Waals surface area contributed by atoms with Crippen molar-refractivity contribution in [2.75, 3.05) is 11.9 Å². The molecule has 0 radical (unpaired) electrons. The van der Waals surface area contributed by atoms with Crippen molar-refractivity contribution in [2.24, 2.45) is 0 Å². The van der Waals surface area contributed by atoms with Crippen LogP contribution in [0.25, 0.3) is 0 Å². The third kappa shape index (κ3) is 3.74. The van der Waals surface area contributed by atoms with Crippen molar-refractivity contribution < 1.29 is 14.3 Å². The second-order valence-corrected chi connectivity index (χ2v) is 6.50. The number of aryl methyl sites for hydroxylation is 1. The lowest BCUT2D eigenvalue weighted by atomic mass is 9.99. The number of hydrogen-bond acceptors (Lipinski definition) is 3. The monoisotopic (exact) mass is 393 g/mol. The Labute approximate surface area is 146 Å². The topological polar surface area (TPSA) is 55.4 Å². The van der Waals surface area contributed by atoms with Gasteiger partial charge in [-0.15, -0.1) is 0 Å². The van der Waals surface area contributed by atoms with Gasteiger partial charge in [0.15, 0.2) is 12.4 Å². The van der Waals surface area contributed by atoms with Gasteiger partial charge in [-0.1, -0.05) is 11.6 Å². The summed E-state index contributed by atoms with van der Waals surface area (Å²) in [5, 5.41) is 3.39. The predicted octanol–water partition coefficient (Wildman–Crippen LogP) is 4.25. The molecular weight excluding hydrogens is 382 g/mol. The minimum Gasteiger partial charge on any atom is -0.484 e. The van der Waals surface area contributed by atoms with E-state index in [0.29, 0.717) is 33.6 Å². The number of carbonyl (C=O) groups is 2. The molecule has 3 rings (SSSR count). The molecule has 1 amide bonds. The number of ether oxygens (including phenoxy) is 1. The van der Waals surface area contributed by atoms with Gasteiger partial charge in [0.1, 0.15) is 5.75 Å². The normalized spacial score (nSPS) is 13.2. The Morgan fingerprint density at radius 2 is 2.04 bits per heavy atom. The maximum atomic E-state index is 12.3. The van der Waals surface area contributed by atoms with Crippen LogP contribution in [0, 0.1) is 0 Å². The lowest BCUT2D eigenvalue weighted by molar-refractivity contribution is -0.116. The number of halogens is 2. The first-order valence-electron chi connectivity index (χ1n) is 7.07. The van der Waals surface area contributed by atoms with Gasteiger partial charge in [-0.25, -0.2) is 0 Å². The molecule has 2 aromatic rings. The number of carbonyl (C=O) groups excluding carboxylic acids is 2. The van der Waals surface area contributed by atoms with E-state index in [9.17, 15) is 9.59 Å². The van der Waals surface area contributed by atoms with E-state index in [1.807, 2.05) is 6.07 Å². The second kappa shape index (κ2) is 6.72. The summed E-state index contributed by atoms with van der Waals surface area (Å²) in [5.74, 6) is 0.451. The maximum absolute atomic E-state index is 12.3. The van der Waals surface area contributed by atoms with E-state index in [0.717, 1.165) is 11.3 Å². The fraction of sp³-hybridized carbons (Fsp3) is 0.176. The van der Waals surface area contributed by atoms with Crippen molar-refractivity contribution in [2.45, 2.75) is 12.8 Å². The van der Waals surface area contributed by atoms with E-state index in [-0.39, 0.29) is 18.3 Å². The number of ketones is 1. The first-order chi connectivity index (χ1) is 11.0. The van der Waals surface area contributed by atoms with Gasteiger partial charge >= 0.3 is 0 Å². The number of hydrogen-bond donors (Lipinski definition) is 1. The first kappa shape index (κ1) is 16.0. The van der Waals surface area contributed by atoms with Gasteiger partial charge in [-0.3, -0.25) is 9.59 Å². The molecule has 0 aliphatic carbocycles. The zero-order valence-corrected chi connectivity index (χ0v) is 14.4. The van der Waals surface area contributed by atoms with Crippen molar-refractivity contribution in [1.82, 2.24) is 0 Å². The minimum absolute atomic E-state index is 0.00694. The van der Waals surface area contributed by atoms with E-state index in [1.54, 1.807) is 30.3 Å². The minimum atomic E-state index is -0.119. The van der Waals surface area contributed by atoms with Crippen LogP contribution in [0.2, 0.25) is 5.02 Å². The van der Waals surface area contributed by atoms with Gasteiger partial charge in [0.25, 0.3) is 0 Å². The Morgan fingerprint density at radius 1 is 1.22 bits per heavy atom. The number of nitrogens with one attached hydrogen (secondary N) is 1. The van der Waals surface area contributed by atoms with E-state index in [4.69, 9.17) is 16.3 Å². The summed E-state index contributed by atoms with van der Waals surface area (Å²) in [7, 11) is 0. The maximum Gasteiger partial charge on any atom is 0.224 e. The molecule has 0 unspecified atom stereocenters. The lowest BCUT2D eigenvalue weighted by Gasteiger charge is -2.17. The highest BCUT2D eigenvalue weighted by atomic mass is 79.9. The summed E-state index contributed by atoms with van der Waals surface area (Å²) in [4.78, 5) is 23.6. The zero-order valence-electron chi connectivity index (χ0n) is 12.1. The van der Waals surface area contributed by atoms with E-state index in [2.05, 4.69) is 21.2 Å². The van der Waals surface area contributed by atoms with Crippen LogP contribution in [0.15, 0.2) is 40.9 Å². The van der Waals surface area contributed by atoms with Gasteiger partial charge in [-0.2, -0.15) is 0 Å². The number of benzene rings is 2. The molecule has 0 bridgehead atoms. The molecule has 0 saturated heterocycles. The Balaban J connectivity index is 1.70. The number of anilines is 1. The van der Waals surface area contributed by atoms with Crippen LogP contribution < -0.4 is 10.1 Å². The summed E-state index contributed by atoms with van der Waals surface area (Å²) >= 11 is 9.22. The van der Waals surface area contributed by atoms with Gasteiger partial charge in [-0.05, 0) is 64.3 Å². The number of fused-ring (bicyclic) bond motifs is 1. The Bertz CT molecular complexity index is 791. The summed E-state index contributed by atoms with van der Waals surface area (Å²) < 4.78 is 6.24. The summed E-state index contributed by atoms with van der Waals surface area (Å²) in [5.41, 5.74) is 2.33. The number of amides is 1. The van der Waals surface area contributed by atoms with Crippen molar-refractivity contribution in [3.05, 3.63) is 57.0 Å². The van der Waals surface area contributed by atoms with E-state index in [1.165, 1.54) is 0 Å². The van der Waals surface area contributed by atoms with Gasteiger partial charge in [0.2, 0.25) is 5.91 Å². The van der Waals surface area contributed by atoms with Crippen LogP contribution in [0.5, 0.6) is 5.75 Å². The third-order valence-electron chi connectivity index (χ3n) is 3.58. The van der Waals surface area contributed by atoms with Crippen LogP contribution in [-0.2, 0) is 11.2 Å². The van der Waals surface area contributed by atoms with Crippen LogP contribution >= 0.6 is 27.5 Å². The average Bonchev–Trinajstić information content (AvgIpc) is 2.53. The van der Waals surface area contributed by atoms with Crippen molar-refractivity contribution in [3.8, 4) is 5.75 Å². The van der Waals surface area contributed by atoms with Crippen molar-refractivity contribution in [3.63, 3.8) is 0 Å². The first-order valence-corrected chi connectivity index (χ1v) is 8.24. The standard InChI is InChI=1S/C17H13BrClNO3/c18-13-8-12(19)3-5-16(13)23-9-15(21)11-1-4-14-10(7-11)2-6-17(22)20-14/h1,3-5,7-8H,2,6,9H2,(H,20,22). The van der Waals surface area contributed by atoms with Crippen molar-refractivity contribution >= 4 is 44.9 Å². The molecule has 0 spiro atoms. The molecule has 2 aromatic carbocycles. The molecule has 6 heteroatoms. The van der Waals surface area contributed by atoms with Crippen LogP contribution in [0.3, 0.4) is 0 Å². The molecule has 1 N–H and O–H groups in total. The quantitative estimate of drug-likeness (QED) is 0.789. The summed E-state index contributed by atoms with van der Waals surface area (Å²) in [6.07, 6.45) is 1.09. The van der Waals surface area contributed by atoms with Gasteiger partial charge in [0, 0.05) is 22.7 Å². The predicted molar refractivity (Wildman–Crippen MR) is 92.4 cm³/mol. The molecule has 0 aromatic heterocycles. The highest BCUT2D eigenvalue weighted by Crippen LogP contribution is 2.28. The molecule has 1 heterocycles. The number of rotatable bonds is 4. The summed E-state index contributed by atoms with van der Waals surface area (Å²) in [6.45, 7) is -0.0641. The highest BCUT2D eigenvalue weighted by molar-refractivity contribution is 9.10. The lowest BCUT2D eigenvalue weighted by Crippen LogP contribution is -2.20. The summed E-state index contributed by atoms with van der Waals surface area (Å²) in [6, 6.07) is 10.4. The van der Waals surface area contributed by atoms with Crippen LogP contribution in [0.1, 0.15) is 22.3 Å². The molecule has 0 saturated carbocycles. The van der Waals surface area contributed by atoms with Crippen LogP contribution in [0.4, 0.5) is 5.69 Å². The Kier molecular flexibility index (Phi) is 4.68. The molecular formula is C17H13BrClNO3. The molecule has 118 valence electrons. The zero-order chi connectivity index (χ0) is 16.4. The van der Waals surface area contributed by atoms with Gasteiger partial charge in [0.05, 0.1) is 4.47 Å². The average molecular weight is 395 g/mol. The molecule has 0 atom stereocenters. The Hall–Kier alpha value is -1.85. The smallest absolute Gasteiger partial charge is 0.224 e. The van der Waals surface area contributed by atoms with E-state index < -0.39 is 0 Å². The third-order valence-corrected chi connectivity index (χ3v) is 4.43. The molecule has 0 fully saturated rings. The molecule has 4 nitrogen and oxygen atoms in total. The number of Topliss-reactive ketones (excluding diaryl/α,β-unsaturated/α-hetero) is 1. The fourth-order valence-electron chi connectivity index (χ4n) is 2.38. The second-order valence-electron chi connectivity index (χ2n) is 5.21. The fourth-order valence-corrected chi connectivity index (χ4v) is 3.17. The molecule has 1 aliphatic rings. The van der Waals surface area contributed by atoms with E-state index >= 15 is 0 Å². The van der Waals surface area contributed by atoms with Crippen LogP contribution in [-0.4, -0.2) is 18.3 Å². The van der Waals surface area contributed by atoms with Crippen molar-refractivity contribution in [1.29, 1.82) is 0 Å². The highest BCUT2D eigenvalue weighted by Gasteiger charge is 2.17. The van der Waals surface area contributed by atoms with Gasteiger partial charge < -0.3 is 10.1 Å². The molecule has 23 heavy (non-hydrogen) atoms.